The molecular formula is C49H54FN11O6S2. The van der Waals surface area contributed by atoms with Gasteiger partial charge in [0.1, 0.15) is 41.8 Å². The number of carbonyl (C=O) groups excluding carboxylic acids is 3. The summed E-state index contributed by atoms with van der Waals surface area (Å²) < 4.78 is 49.0. The Morgan fingerprint density at radius 1 is 1.00 bits per heavy atom. The van der Waals surface area contributed by atoms with Crippen molar-refractivity contribution in [1.82, 2.24) is 45.5 Å². The number of nitrogens with two attached hydrogens (primary N) is 1. The zero-order valence-corrected chi connectivity index (χ0v) is 40.5. The third kappa shape index (κ3) is 11.1. The number of thiazole rings is 1. The van der Waals surface area contributed by atoms with Crippen LogP contribution in [-0.4, -0.2) is 85.4 Å². The number of carbonyl (C=O) groups is 3. The molecule has 20 heteroatoms. The van der Waals surface area contributed by atoms with Crippen LogP contribution in [0.25, 0.3) is 43.7 Å². The van der Waals surface area contributed by atoms with E-state index in [0.29, 0.717) is 64.8 Å². The van der Waals surface area contributed by atoms with Crippen molar-refractivity contribution in [2.24, 2.45) is 5.41 Å². The van der Waals surface area contributed by atoms with Gasteiger partial charge in [-0.15, -0.1) is 11.3 Å². The van der Waals surface area contributed by atoms with Crippen molar-refractivity contribution in [3.8, 4) is 38.6 Å². The number of pyridine rings is 1. The molecule has 1 saturated heterocycles. The number of aromatic nitrogens is 6. The standard InChI is InChI=1S/C49H54FN11O6S2/c1-6-69(65,66)59-37-18-15-33(22-39(37)67-27-31-11-16-35(50)17-12-31)42-41-43(58-57-42)36(25-52-46(41)51)34-24-55-60(26-34)21-19-40(62)56-45(49(3,4)5)48(64)61-20-7-8-38(61)47(63)53-23-30-9-13-32(14-10-30)44-29(2)54-28-68-44/h9-18,22,24-26,28,38,45,59H,6-8,19-21,23,27H2,1-5H3,(H2,51,52)(H,53,63)(H,56,62)(H,57,58)/t38-,45+/m0/s1. The fourth-order valence-electron chi connectivity index (χ4n) is 8.18. The van der Waals surface area contributed by atoms with Gasteiger partial charge in [0.05, 0.1) is 44.6 Å². The first-order valence-electron chi connectivity index (χ1n) is 22.5. The molecule has 6 N–H and O–H groups in total. The van der Waals surface area contributed by atoms with E-state index in [1.165, 1.54) is 19.1 Å². The first kappa shape index (κ1) is 48.3. The van der Waals surface area contributed by atoms with E-state index in [0.717, 1.165) is 21.7 Å². The monoisotopic (exact) mass is 975 g/mol. The molecule has 0 radical (unpaired) electrons. The molecule has 7 aromatic rings. The largest absolute Gasteiger partial charge is 0.487 e. The predicted molar refractivity (Wildman–Crippen MR) is 264 cm³/mol. The molecule has 1 fully saturated rings. The van der Waals surface area contributed by atoms with Gasteiger partial charge in [-0.05, 0) is 73.1 Å². The second kappa shape index (κ2) is 20.2. The fourth-order valence-corrected chi connectivity index (χ4v) is 9.64. The number of hydrogen-bond donors (Lipinski definition) is 5. The van der Waals surface area contributed by atoms with Gasteiger partial charge in [-0.2, -0.15) is 10.2 Å². The Hall–Kier alpha value is -7.19. The Labute approximate surface area is 403 Å². The van der Waals surface area contributed by atoms with Gasteiger partial charge in [-0.1, -0.05) is 63.2 Å². The van der Waals surface area contributed by atoms with Crippen LogP contribution in [-0.2, 0) is 44.1 Å². The van der Waals surface area contributed by atoms with Crippen LogP contribution in [0, 0.1) is 18.2 Å². The Morgan fingerprint density at radius 3 is 2.45 bits per heavy atom. The number of aryl methyl sites for hydroxylation is 2. The van der Waals surface area contributed by atoms with Crippen LogP contribution in [0.4, 0.5) is 15.9 Å². The Bertz CT molecular complexity index is 3110. The van der Waals surface area contributed by atoms with Crippen molar-refractivity contribution in [3.05, 3.63) is 113 Å². The Kier molecular flexibility index (Phi) is 14.1. The number of amides is 3. The van der Waals surface area contributed by atoms with Gasteiger partial charge >= 0.3 is 0 Å². The molecule has 4 aromatic heterocycles. The number of halogens is 1. The van der Waals surface area contributed by atoms with Crippen LogP contribution in [0.3, 0.4) is 0 Å². The third-order valence-corrected chi connectivity index (χ3v) is 14.3. The van der Waals surface area contributed by atoms with E-state index in [9.17, 15) is 27.2 Å². The maximum Gasteiger partial charge on any atom is 0.246 e. The molecule has 0 unspecified atom stereocenters. The maximum absolute atomic E-state index is 14.2. The summed E-state index contributed by atoms with van der Waals surface area (Å²) in [7, 11) is -3.66. The van der Waals surface area contributed by atoms with Crippen molar-refractivity contribution < 1.29 is 31.9 Å². The number of nitrogens with one attached hydrogen (secondary N) is 4. The lowest BCUT2D eigenvalue weighted by Gasteiger charge is -2.35. The molecule has 17 nitrogen and oxygen atoms in total. The molecule has 3 amide bonds. The number of rotatable bonds is 17. The number of sulfonamides is 1. The summed E-state index contributed by atoms with van der Waals surface area (Å²) in [6.07, 6.45) is 6.22. The molecule has 1 aliphatic heterocycles. The van der Waals surface area contributed by atoms with Crippen LogP contribution >= 0.6 is 11.3 Å². The minimum absolute atomic E-state index is 0.0197. The highest BCUT2D eigenvalue weighted by molar-refractivity contribution is 7.92. The van der Waals surface area contributed by atoms with Gasteiger partial charge in [0.2, 0.25) is 27.7 Å². The van der Waals surface area contributed by atoms with E-state index in [-0.39, 0.29) is 60.3 Å². The second-order valence-corrected chi connectivity index (χ2v) is 20.9. The lowest BCUT2D eigenvalue weighted by atomic mass is 9.85. The number of ether oxygens (including phenoxy) is 1. The minimum Gasteiger partial charge on any atom is -0.487 e. The number of anilines is 2. The molecular weight excluding hydrogens is 922 g/mol. The van der Waals surface area contributed by atoms with E-state index in [1.807, 2.05) is 57.5 Å². The molecule has 1 aliphatic rings. The summed E-state index contributed by atoms with van der Waals surface area (Å²) in [6.45, 7) is 10.1. The highest BCUT2D eigenvalue weighted by Gasteiger charge is 2.42. The van der Waals surface area contributed by atoms with E-state index in [4.69, 9.17) is 10.5 Å². The topological polar surface area (TPSA) is 232 Å². The fraction of sp³-hybridized carbons (Fsp3) is 0.327. The average Bonchev–Trinajstić information content (AvgIpc) is 4.17. The number of nitrogens with zero attached hydrogens (tertiary/aromatic N) is 6. The maximum atomic E-state index is 14.2. The van der Waals surface area contributed by atoms with E-state index in [2.05, 4.69) is 40.6 Å². The van der Waals surface area contributed by atoms with Gasteiger partial charge < -0.3 is 26.0 Å². The number of fused-ring (bicyclic) bond motifs is 1. The number of H-pyrrole nitrogens is 1. The molecule has 8 rings (SSSR count). The van der Waals surface area contributed by atoms with Crippen LogP contribution in [0.1, 0.15) is 63.8 Å². The Morgan fingerprint density at radius 2 is 1.74 bits per heavy atom. The van der Waals surface area contributed by atoms with Crippen LogP contribution < -0.4 is 25.8 Å². The predicted octanol–water partition coefficient (Wildman–Crippen LogP) is 7.21. The van der Waals surface area contributed by atoms with E-state index >= 15 is 0 Å². The van der Waals surface area contributed by atoms with Gasteiger partial charge in [-0.3, -0.25) is 28.9 Å². The number of hydrogen-bond acceptors (Lipinski definition) is 12. The van der Waals surface area contributed by atoms with Crippen molar-refractivity contribution in [2.75, 3.05) is 22.8 Å². The molecule has 360 valence electrons. The van der Waals surface area contributed by atoms with Crippen molar-refractivity contribution in [1.29, 1.82) is 0 Å². The number of aromatic amines is 1. The van der Waals surface area contributed by atoms with Crippen LogP contribution in [0.15, 0.2) is 90.8 Å². The molecule has 3 aromatic carbocycles. The summed E-state index contributed by atoms with van der Waals surface area (Å²) in [4.78, 5) is 52.8. The summed E-state index contributed by atoms with van der Waals surface area (Å²) in [6, 6.07) is 17.2. The summed E-state index contributed by atoms with van der Waals surface area (Å²) in [5.41, 5.74) is 14.3. The minimum atomic E-state index is -3.66. The molecule has 2 atom stereocenters. The van der Waals surface area contributed by atoms with E-state index < -0.39 is 33.3 Å². The van der Waals surface area contributed by atoms with Crippen molar-refractivity contribution in [2.45, 2.75) is 85.7 Å². The first-order valence-corrected chi connectivity index (χ1v) is 25.1. The quantitative estimate of drug-likeness (QED) is 0.0612. The molecule has 0 aliphatic carbocycles. The SMILES string of the molecule is CCS(=O)(=O)Nc1ccc(-c2n[nH]c3c(-c4cnn(CCC(=O)N[C@H](C(=O)N5CCC[C@H]5C(=O)NCc5ccc(-c6scnc6C)cc5)C(C)(C)C)c4)cnc(N)c23)cc1OCc1ccc(F)cc1. The Balaban J connectivity index is 0.920. The third-order valence-electron chi connectivity index (χ3n) is 12.0. The molecule has 0 spiro atoms. The highest BCUT2D eigenvalue weighted by atomic mass is 32.2. The van der Waals surface area contributed by atoms with E-state index in [1.54, 1.807) is 69.8 Å². The summed E-state index contributed by atoms with van der Waals surface area (Å²) in [5.74, 6) is -1.01. The zero-order chi connectivity index (χ0) is 49.0. The first-order chi connectivity index (χ1) is 33.0. The molecule has 0 saturated carbocycles. The smallest absolute Gasteiger partial charge is 0.246 e. The van der Waals surface area contributed by atoms with Gasteiger partial charge in [-0.25, -0.2) is 22.8 Å². The van der Waals surface area contributed by atoms with Crippen LogP contribution in [0.2, 0.25) is 0 Å². The van der Waals surface area contributed by atoms with Crippen molar-refractivity contribution in [3.63, 3.8) is 0 Å². The summed E-state index contributed by atoms with van der Waals surface area (Å²) >= 11 is 1.58. The average molecular weight is 976 g/mol. The molecule has 0 bridgehead atoms. The lowest BCUT2D eigenvalue weighted by molar-refractivity contribution is -0.144. The number of benzene rings is 3. The number of nitrogen functional groups attached to an aromatic ring is 1. The second-order valence-electron chi connectivity index (χ2n) is 18.0. The lowest BCUT2D eigenvalue weighted by Crippen LogP contribution is -2.57. The number of likely N-dealkylation sites (tertiary alicyclic amines) is 1. The van der Waals surface area contributed by atoms with Crippen LogP contribution in [0.5, 0.6) is 5.75 Å². The highest BCUT2D eigenvalue weighted by Crippen LogP contribution is 2.39. The van der Waals surface area contributed by atoms with Crippen molar-refractivity contribution >= 4 is 61.5 Å². The van der Waals surface area contributed by atoms with Gasteiger partial charge in [0.25, 0.3) is 0 Å². The normalized spacial score (nSPS) is 14.5. The van der Waals surface area contributed by atoms with Gasteiger partial charge in [0.15, 0.2) is 0 Å². The molecule has 5 heterocycles. The molecule has 69 heavy (non-hydrogen) atoms. The zero-order valence-electron chi connectivity index (χ0n) is 38.9. The van der Waals surface area contributed by atoms with Gasteiger partial charge in [0, 0.05) is 55.1 Å². The summed E-state index contributed by atoms with van der Waals surface area (Å²) in [5, 5.41) is 18.7.